The van der Waals surface area contributed by atoms with E-state index in [-0.39, 0.29) is 17.1 Å². The summed E-state index contributed by atoms with van der Waals surface area (Å²) in [6.07, 6.45) is 3.83. The molecule has 8 heteroatoms. The first-order valence-electron chi connectivity index (χ1n) is 9.81. The summed E-state index contributed by atoms with van der Waals surface area (Å²) in [5, 5.41) is -0.00161. The van der Waals surface area contributed by atoms with Gasteiger partial charge in [-0.25, -0.2) is 0 Å². The van der Waals surface area contributed by atoms with Gasteiger partial charge in [0, 0.05) is 22.8 Å². The lowest BCUT2D eigenvalue weighted by atomic mass is 9.88. The van der Waals surface area contributed by atoms with Gasteiger partial charge in [0.15, 0.2) is 0 Å². The summed E-state index contributed by atoms with van der Waals surface area (Å²) in [6.45, 7) is 10.8. The number of esters is 1. The summed E-state index contributed by atoms with van der Waals surface area (Å²) in [5.41, 5.74) is 3.73. The summed E-state index contributed by atoms with van der Waals surface area (Å²) < 4.78 is 4.84. The molecule has 0 aliphatic carbocycles. The number of hydrogen-bond donors (Lipinski definition) is 0. The van der Waals surface area contributed by atoms with E-state index < -0.39 is 23.7 Å². The van der Waals surface area contributed by atoms with Crippen LogP contribution in [0.2, 0.25) is 5.02 Å². The van der Waals surface area contributed by atoms with Gasteiger partial charge in [-0.3, -0.25) is 19.3 Å². The maximum atomic E-state index is 12.7. The second kappa shape index (κ2) is 8.47. The van der Waals surface area contributed by atoms with E-state index >= 15 is 0 Å². The maximum Gasteiger partial charge on any atom is 0.326 e. The van der Waals surface area contributed by atoms with Crippen LogP contribution in [0, 0.1) is 0 Å². The average molecular weight is 449 g/mol. The minimum Gasteiger partial charge on any atom is -0.465 e. The van der Waals surface area contributed by atoms with E-state index in [4.69, 9.17) is 16.3 Å². The monoisotopic (exact) mass is 448 g/mol. The van der Waals surface area contributed by atoms with Crippen LogP contribution in [0.25, 0.3) is 11.6 Å². The van der Waals surface area contributed by atoms with Crippen LogP contribution in [-0.4, -0.2) is 47.3 Å². The Hall–Kier alpha value is -2.25. The molecule has 0 atom stereocenters. The summed E-state index contributed by atoms with van der Waals surface area (Å²) >= 11 is 7.36. The molecule has 1 aromatic rings. The molecule has 3 rings (SSSR count). The zero-order valence-corrected chi connectivity index (χ0v) is 19.3. The van der Waals surface area contributed by atoms with E-state index in [0.29, 0.717) is 10.6 Å². The number of benzene rings is 1. The summed E-state index contributed by atoms with van der Waals surface area (Å²) in [7, 11) is 0. The predicted octanol–water partition coefficient (Wildman–Crippen LogP) is 4.96. The Kier molecular flexibility index (Phi) is 6.34. The number of likely N-dealkylation sites (N-methyl/N-ethyl adjacent to an activating group) is 1. The quantitative estimate of drug-likeness (QED) is 0.468. The first kappa shape index (κ1) is 22.4. The van der Waals surface area contributed by atoms with E-state index in [9.17, 15) is 14.4 Å². The third-order valence-electron chi connectivity index (χ3n) is 5.17. The van der Waals surface area contributed by atoms with E-state index in [2.05, 4.69) is 38.7 Å². The van der Waals surface area contributed by atoms with Crippen LogP contribution in [-0.2, 0) is 14.3 Å². The molecule has 2 heterocycles. The molecule has 6 nitrogen and oxygen atoms in total. The second-order valence-electron chi connectivity index (χ2n) is 7.69. The van der Waals surface area contributed by atoms with E-state index in [1.807, 2.05) is 12.1 Å². The van der Waals surface area contributed by atoms with Crippen molar-refractivity contribution in [2.75, 3.05) is 24.6 Å². The van der Waals surface area contributed by atoms with Gasteiger partial charge >= 0.3 is 5.97 Å². The number of hydrogen-bond acceptors (Lipinski definition) is 6. The van der Waals surface area contributed by atoms with Gasteiger partial charge in [0.25, 0.3) is 11.1 Å². The topological polar surface area (TPSA) is 66.9 Å². The highest BCUT2D eigenvalue weighted by Crippen LogP contribution is 2.42. The molecule has 0 spiro atoms. The molecule has 0 saturated carbocycles. The lowest BCUT2D eigenvalue weighted by Crippen LogP contribution is -2.44. The fourth-order valence-electron chi connectivity index (χ4n) is 3.92. The van der Waals surface area contributed by atoms with Crippen LogP contribution in [0.3, 0.4) is 0 Å². The predicted molar refractivity (Wildman–Crippen MR) is 122 cm³/mol. The molecule has 30 heavy (non-hydrogen) atoms. The maximum absolute atomic E-state index is 12.7. The molecule has 0 radical (unpaired) electrons. The molecule has 0 N–H and O–H groups in total. The lowest BCUT2D eigenvalue weighted by Gasteiger charge is -2.43. The lowest BCUT2D eigenvalue weighted by molar-refractivity contribution is -0.145. The van der Waals surface area contributed by atoms with Crippen LogP contribution >= 0.6 is 23.4 Å². The second-order valence-corrected chi connectivity index (χ2v) is 9.09. The Morgan fingerprint density at radius 3 is 2.60 bits per heavy atom. The first-order valence-corrected chi connectivity index (χ1v) is 11.0. The van der Waals surface area contributed by atoms with Gasteiger partial charge in [-0.05, 0) is 75.7 Å². The van der Waals surface area contributed by atoms with Gasteiger partial charge in [0.1, 0.15) is 6.54 Å². The Balaban J connectivity index is 1.96. The number of thioether (sulfide) groups is 1. The van der Waals surface area contributed by atoms with E-state index in [1.165, 1.54) is 0 Å². The van der Waals surface area contributed by atoms with Crippen LogP contribution < -0.4 is 4.90 Å². The molecular weight excluding hydrogens is 424 g/mol. The standard InChI is InChI=1S/C22H25ClN2O4S/c1-6-25-17-10-16(23)14(8-15(17)13(3)11-22(25,4)5)9-18-20(27)24(21(28)30-18)12-19(26)29-7-2/h8-11H,6-7,12H2,1-5H3/b18-9-. The molecule has 1 aromatic carbocycles. The highest BCUT2D eigenvalue weighted by Gasteiger charge is 2.37. The molecule has 2 amide bonds. The highest BCUT2D eigenvalue weighted by atomic mass is 35.5. The number of carbonyl (C=O) groups is 3. The number of amides is 2. The van der Waals surface area contributed by atoms with E-state index in [1.54, 1.807) is 13.0 Å². The number of allylic oxidation sites excluding steroid dienone is 1. The van der Waals surface area contributed by atoms with Crippen LogP contribution in [0.4, 0.5) is 10.5 Å². The van der Waals surface area contributed by atoms with Gasteiger partial charge in [0.2, 0.25) is 0 Å². The SMILES string of the molecule is CCOC(=O)CN1C(=O)S/C(=C\c2cc3c(cc2Cl)N(CC)C(C)(C)C=C3C)C1=O. The van der Waals surface area contributed by atoms with Gasteiger partial charge in [-0.2, -0.15) is 0 Å². The molecule has 0 aromatic heterocycles. The molecule has 2 aliphatic rings. The molecule has 160 valence electrons. The number of nitrogens with zero attached hydrogens (tertiary/aromatic N) is 2. The van der Waals surface area contributed by atoms with Crippen LogP contribution in [0.5, 0.6) is 0 Å². The Morgan fingerprint density at radius 1 is 1.27 bits per heavy atom. The molecule has 0 bridgehead atoms. The van der Waals surface area contributed by atoms with Crippen molar-refractivity contribution in [3.8, 4) is 0 Å². The molecule has 1 saturated heterocycles. The normalized spacial score (nSPS) is 19.3. The number of fused-ring (bicyclic) bond motifs is 1. The average Bonchev–Trinajstić information content (AvgIpc) is 2.90. The number of carbonyl (C=O) groups excluding carboxylic acids is 3. The van der Waals surface area contributed by atoms with Crippen molar-refractivity contribution in [3.05, 3.63) is 39.3 Å². The molecule has 1 fully saturated rings. The summed E-state index contributed by atoms with van der Waals surface area (Å²) in [4.78, 5) is 40.0. The van der Waals surface area contributed by atoms with Crippen molar-refractivity contribution in [1.82, 2.24) is 4.90 Å². The zero-order valence-electron chi connectivity index (χ0n) is 17.7. The van der Waals surface area contributed by atoms with Crippen molar-refractivity contribution in [3.63, 3.8) is 0 Å². The Labute approximate surface area is 185 Å². The van der Waals surface area contributed by atoms with Crippen LogP contribution in [0.15, 0.2) is 23.1 Å². The van der Waals surface area contributed by atoms with Crippen LogP contribution in [0.1, 0.15) is 45.7 Å². The number of rotatable bonds is 5. The number of anilines is 1. The Morgan fingerprint density at radius 2 is 1.97 bits per heavy atom. The summed E-state index contributed by atoms with van der Waals surface area (Å²) in [5.74, 6) is -1.13. The van der Waals surface area contributed by atoms with Crippen molar-refractivity contribution in [2.24, 2.45) is 0 Å². The number of imide groups is 1. The molecule has 0 unspecified atom stereocenters. The Bertz CT molecular complexity index is 984. The molecular formula is C22H25ClN2O4S. The minimum absolute atomic E-state index is 0.133. The van der Waals surface area contributed by atoms with Crippen molar-refractivity contribution >= 4 is 57.8 Å². The van der Waals surface area contributed by atoms with E-state index in [0.717, 1.165) is 40.0 Å². The largest absolute Gasteiger partial charge is 0.465 e. The highest BCUT2D eigenvalue weighted by molar-refractivity contribution is 8.18. The first-order chi connectivity index (χ1) is 14.1. The van der Waals surface area contributed by atoms with Gasteiger partial charge in [-0.1, -0.05) is 17.7 Å². The third kappa shape index (κ3) is 4.14. The smallest absolute Gasteiger partial charge is 0.326 e. The third-order valence-corrected chi connectivity index (χ3v) is 6.40. The minimum atomic E-state index is -0.615. The fraction of sp³-hybridized carbons (Fsp3) is 0.409. The van der Waals surface area contributed by atoms with Gasteiger partial charge in [-0.15, -0.1) is 0 Å². The summed E-state index contributed by atoms with van der Waals surface area (Å²) in [6, 6.07) is 3.86. The zero-order chi connectivity index (χ0) is 22.2. The van der Waals surface area contributed by atoms with Crippen molar-refractivity contribution in [2.45, 2.75) is 40.2 Å². The van der Waals surface area contributed by atoms with Gasteiger partial charge in [0.05, 0.1) is 17.1 Å². The van der Waals surface area contributed by atoms with Gasteiger partial charge < -0.3 is 9.64 Å². The fourth-order valence-corrected chi connectivity index (χ4v) is 4.96. The number of halogens is 1. The molecule has 2 aliphatic heterocycles. The van der Waals surface area contributed by atoms with Crippen molar-refractivity contribution in [1.29, 1.82) is 0 Å². The van der Waals surface area contributed by atoms with Crippen molar-refractivity contribution < 1.29 is 19.1 Å². The number of ether oxygens (including phenoxy) is 1.